The van der Waals surface area contributed by atoms with Crippen molar-refractivity contribution in [2.45, 2.75) is 64.1 Å². The van der Waals surface area contributed by atoms with Gasteiger partial charge in [-0.25, -0.2) is 13.6 Å². The molecule has 1 aromatic heterocycles. The first-order valence-corrected chi connectivity index (χ1v) is 18.1. The van der Waals surface area contributed by atoms with Crippen molar-refractivity contribution in [3.63, 3.8) is 0 Å². The third-order valence-electron chi connectivity index (χ3n) is 10.7. The fourth-order valence-electron chi connectivity index (χ4n) is 8.40. The van der Waals surface area contributed by atoms with Crippen molar-refractivity contribution in [1.82, 2.24) is 19.8 Å². The van der Waals surface area contributed by atoms with E-state index in [1.807, 2.05) is 63.7 Å². The fourth-order valence-corrected chi connectivity index (χ4v) is 8.40. The largest absolute Gasteiger partial charge is 0.481 e. The maximum atomic E-state index is 17.2. The Morgan fingerprint density at radius 2 is 1.83 bits per heavy atom. The van der Waals surface area contributed by atoms with Gasteiger partial charge < -0.3 is 33.9 Å². The maximum absolute atomic E-state index is 17.2. The molecule has 4 atom stereocenters. The van der Waals surface area contributed by atoms with Crippen molar-refractivity contribution >= 4 is 39.6 Å². The zero-order chi connectivity index (χ0) is 38.7. The number of hydrogen-bond acceptors (Lipinski definition) is 10. The van der Waals surface area contributed by atoms with Gasteiger partial charge in [0.05, 0.1) is 29.7 Å². The van der Waals surface area contributed by atoms with Gasteiger partial charge in [-0.3, -0.25) is 9.69 Å². The van der Waals surface area contributed by atoms with Crippen LogP contribution in [0.15, 0.2) is 42.5 Å². The molecule has 1 aliphatic carbocycles. The van der Waals surface area contributed by atoms with E-state index < -0.39 is 46.2 Å². The van der Waals surface area contributed by atoms with Crippen molar-refractivity contribution in [3.05, 3.63) is 54.1 Å². The second-order valence-corrected chi connectivity index (χ2v) is 16.4. The summed E-state index contributed by atoms with van der Waals surface area (Å²) in [6, 6.07) is 11.5. The van der Waals surface area contributed by atoms with Crippen LogP contribution in [0.3, 0.4) is 0 Å². The Kier molecular flexibility index (Phi) is 9.58. The summed E-state index contributed by atoms with van der Waals surface area (Å²) in [7, 11) is 5.21. The molecule has 1 N–H and O–H groups in total. The molecule has 7 rings (SSSR count). The molecule has 3 aliphatic rings. The highest BCUT2D eigenvalue weighted by Crippen LogP contribution is 2.53. The van der Waals surface area contributed by atoms with Gasteiger partial charge in [0, 0.05) is 37.5 Å². The number of piperazine rings is 1. The minimum absolute atomic E-state index is 0.0148. The number of hydrogen-bond donors (Lipinski definition) is 1. The molecule has 288 valence electrons. The van der Waals surface area contributed by atoms with E-state index in [0.29, 0.717) is 55.4 Å². The van der Waals surface area contributed by atoms with E-state index in [4.69, 9.17) is 23.9 Å². The number of rotatable bonds is 11. The van der Waals surface area contributed by atoms with Crippen molar-refractivity contribution < 1.29 is 42.4 Å². The Hall–Kier alpha value is -4.82. The predicted molar refractivity (Wildman–Crippen MR) is 199 cm³/mol. The first kappa shape index (κ1) is 37.5. The summed E-state index contributed by atoms with van der Waals surface area (Å²) < 4.78 is 56.6. The first-order chi connectivity index (χ1) is 25.5. The number of nitrogens with zero attached hydrogens (tertiary/aromatic N) is 5. The number of carbonyl (C=O) groups excluding carboxylic acids is 1. The Labute approximate surface area is 312 Å². The van der Waals surface area contributed by atoms with Gasteiger partial charge in [0.15, 0.2) is 12.6 Å². The quantitative estimate of drug-likeness (QED) is 0.164. The summed E-state index contributed by atoms with van der Waals surface area (Å²) in [4.78, 5) is 40.4. The van der Waals surface area contributed by atoms with Crippen LogP contribution >= 0.6 is 0 Å². The number of ether oxygens (including phenoxy) is 4. The van der Waals surface area contributed by atoms with Crippen LogP contribution in [0.1, 0.15) is 47.0 Å². The molecule has 2 bridgehead atoms. The van der Waals surface area contributed by atoms with Gasteiger partial charge in [0.2, 0.25) is 0 Å². The zero-order valence-corrected chi connectivity index (χ0v) is 31.7. The number of fused-ring (bicyclic) bond motifs is 4. The lowest BCUT2D eigenvalue weighted by Crippen LogP contribution is -2.63. The van der Waals surface area contributed by atoms with Crippen LogP contribution in [0.25, 0.3) is 32.8 Å². The van der Waals surface area contributed by atoms with Gasteiger partial charge in [-0.05, 0) is 95.6 Å². The number of carbonyl (C=O) groups is 2. The topological polar surface area (TPSA) is 127 Å². The molecule has 0 radical (unpaired) electrons. The molecule has 4 aromatic rings. The summed E-state index contributed by atoms with van der Waals surface area (Å²) in [6.45, 7) is 8.49. The van der Waals surface area contributed by atoms with Gasteiger partial charge in [-0.15, -0.1) is 0 Å². The van der Waals surface area contributed by atoms with E-state index in [1.165, 1.54) is 13.2 Å². The van der Waals surface area contributed by atoms with E-state index in [2.05, 4.69) is 4.98 Å². The standard InChI is InChI=1S/C40H47F2N5O7/c1-38(2,3)54-37(50)47-24-12-13-39(47,4)19-46(18-24)34-28-16-30(41)31(27-15-25(53-22-51-7)14-23-10-8-9-11-26(23)27)32(42)33(28)43-36(44-34)52-21-40(20-45(5)6)17-29(40)35(48)49/h8-11,14-16,24,29H,12-13,17-22H2,1-7H3,(H,48,49)/t24-,29?,39+,40?/m1/s1. The normalized spacial score (nSPS) is 23.7. The Bertz CT molecular complexity index is 2130. The molecule has 3 aromatic carbocycles. The van der Waals surface area contributed by atoms with Gasteiger partial charge in [-0.2, -0.15) is 9.97 Å². The summed E-state index contributed by atoms with van der Waals surface area (Å²) in [6.07, 6.45) is 1.42. The van der Waals surface area contributed by atoms with E-state index >= 15 is 8.78 Å². The van der Waals surface area contributed by atoms with Crippen LogP contribution in [0.4, 0.5) is 19.4 Å². The number of anilines is 1. The number of halogens is 2. The number of methoxy groups -OCH3 is 1. The molecular weight excluding hydrogens is 700 g/mol. The highest BCUT2D eigenvalue weighted by atomic mass is 19.1. The minimum atomic E-state index is -0.915. The Morgan fingerprint density at radius 3 is 2.50 bits per heavy atom. The summed E-state index contributed by atoms with van der Waals surface area (Å²) >= 11 is 0. The smallest absolute Gasteiger partial charge is 0.411 e. The minimum Gasteiger partial charge on any atom is -0.481 e. The Balaban J connectivity index is 1.35. The second-order valence-electron chi connectivity index (χ2n) is 16.4. The molecule has 2 aliphatic heterocycles. The van der Waals surface area contributed by atoms with Gasteiger partial charge in [0.1, 0.15) is 28.5 Å². The van der Waals surface area contributed by atoms with Crippen molar-refractivity contribution in [2.24, 2.45) is 11.3 Å². The lowest BCUT2D eigenvalue weighted by molar-refractivity contribution is -0.139. The monoisotopic (exact) mass is 747 g/mol. The average molecular weight is 748 g/mol. The van der Waals surface area contributed by atoms with E-state index in [-0.39, 0.29) is 53.3 Å². The lowest BCUT2D eigenvalue weighted by Gasteiger charge is -2.47. The molecule has 2 saturated heterocycles. The highest BCUT2D eigenvalue weighted by molar-refractivity contribution is 6.01. The van der Waals surface area contributed by atoms with Crippen molar-refractivity contribution in [1.29, 1.82) is 0 Å². The number of carboxylic acids is 1. The molecule has 0 spiro atoms. The van der Waals surface area contributed by atoms with Crippen molar-refractivity contribution in [3.8, 4) is 22.9 Å². The number of aliphatic carboxylic acids is 1. The van der Waals surface area contributed by atoms with E-state index in [0.717, 1.165) is 0 Å². The molecule has 2 unspecified atom stereocenters. The van der Waals surface area contributed by atoms with Crippen LogP contribution in [-0.2, 0) is 14.3 Å². The zero-order valence-electron chi connectivity index (χ0n) is 31.7. The van der Waals surface area contributed by atoms with Crippen LogP contribution in [-0.4, -0.2) is 108 Å². The average Bonchev–Trinajstić information content (AvgIpc) is 3.75. The number of benzene rings is 3. The van der Waals surface area contributed by atoms with Crippen LogP contribution in [0.2, 0.25) is 0 Å². The number of amides is 1. The van der Waals surface area contributed by atoms with Crippen molar-refractivity contribution in [2.75, 3.05) is 59.1 Å². The van der Waals surface area contributed by atoms with E-state index in [9.17, 15) is 14.7 Å². The second kappa shape index (κ2) is 13.8. The van der Waals surface area contributed by atoms with Crippen LogP contribution in [0, 0.1) is 23.0 Å². The molecule has 3 heterocycles. The highest BCUT2D eigenvalue weighted by Gasteiger charge is 2.59. The molecule has 54 heavy (non-hydrogen) atoms. The van der Waals surface area contributed by atoms with Gasteiger partial charge in [-0.1, -0.05) is 24.3 Å². The first-order valence-electron chi connectivity index (χ1n) is 18.1. The maximum Gasteiger partial charge on any atom is 0.411 e. The summed E-state index contributed by atoms with van der Waals surface area (Å²) in [5, 5.41) is 11.3. The van der Waals surface area contributed by atoms with Crippen LogP contribution in [0.5, 0.6) is 11.8 Å². The molecular formula is C40H47F2N5O7. The Morgan fingerprint density at radius 1 is 1.07 bits per heavy atom. The summed E-state index contributed by atoms with van der Waals surface area (Å²) in [5.41, 5.74) is -2.21. The molecule has 14 heteroatoms. The summed E-state index contributed by atoms with van der Waals surface area (Å²) in [5.74, 6) is -2.63. The van der Waals surface area contributed by atoms with Gasteiger partial charge in [0.25, 0.3) is 0 Å². The number of aromatic nitrogens is 2. The third-order valence-corrected chi connectivity index (χ3v) is 10.7. The fraction of sp³-hybridized carbons (Fsp3) is 0.500. The SMILES string of the molecule is COCOc1cc(-c2c(F)cc3c(N4C[C@H]5CC[C@@](C)(C4)N5C(=O)OC(C)(C)C)nc(OCC4(CN(C)C)CC4C(=O)O)nc3c2F)c2ccccc2c1. The number of carboxylic acid groups (broad SMARTS) is 1. The lowest BCUT2D eigenvalue weighted by atomic mass is 9.95. The molecule has 3 fully saturated rings. The predicted octanol–water partition coefficient (Wildman–Crippen LogP) is 6.72. The molecule has 1 amide bonds. The third kappa shape index (κ3) is 6.97. The van der Waals surface area contributed by atoms with Crippen LogP contribution < -0.4 is 14.4 Å². The molecule has 1 saturated carbocycles. The molecule has 12 nitrogen and oxygen atoms in total. The van der Waals surface area contributed by atoms with E-state index in [1.54, 1.807) is 29.2 Å². The van der Waals surface area contributed by atoms with Gasteiger partial charge >= 0.3 is 18.1 Å².